The van der Waals surface area contributed by atoms with Crippen molar-refractivity contribution in [1.29, 1.82) is 0 Å². The van der Waals surface area contributed by atoms with E-state index in [1.54, 1.807) is 6.08 Å². The average Bonchev–Trinajstić information content (AvgIpc) is 2.05. The van der Waals surface area contributed by atoms with Gasteiger partial charge >= 0.3 is 0 Å². The molecule has 1 rings (SSSR count). The predicted molar refractivity (Wildman–Crippen MR) is 52.9 cm³/mol. The normalized spacial score (nSPS) is 15.2. The topological polar surface area (TPSA) is 26.0 Å². The Morgan fingerprint density at radius 2 is 1.83 bits per heavy atom. The lowest BCUT2D eigenvalue weighted by molar-refractivity contribution is 0.631. The van der Waals surface area contributed by atoms with E-state index in [4.69, 9.17) is 5.73 Å². The highest BCUT2D eigenvalue weighted by Gasteiger charge is 2.15. The van der Waals surface area contributed by atoms with Crippen LogP contribution >= 0.6 is 0 Å². The molecular formula is C11H15N. The maximum atomic E-state index is 5.97. The van der Waals surface area contributed by atoms with Crippen LogP contribution in [0.3, 0.4) is 0 Å². The van der Waals surface area contributed by atoms with Crippen molar-refractivity contribution < 1.29 is 0 Å². The maximum Gasteiger partial charge on any atom is 0.0564 e. The van der Waals surface area contributed by atoms with Crippen LogP contribution in [0.2, 0.25) is 0 Å². The molecule has 1 nitrogen and oxygen atoms in total. The highest BCUT2D eigenvalue weighted by molar-refractivity contribution is 5.30. The summed E-state index contributed by atoms with van der Waals surface area (Å²) in [4.78, 5) is 0. The van der Waals surface area contributed by atoms with Gasteiger partial charge in [0.15, 0.2) is 0 Å². The molecule has 0 saturated heterocycles. The molecule has 2 N–H and O–H groups in total. The van der Waals surface area contributed by atoms with Crippen LogP contribution in [0.15, 0.2) is 36.9 Å². The molecule has 0 amide bonds. The monoisotopic (exact) mass is 161 g/mol. The Balaban J connectivity index is 3.04. The molecular weight excluding hydrogens is 146 g/mol. The van der Waals surface area contributed by atoms with Gasteiger partial charge in [0.2, 0.25) is 0 Å². The first-order valence-electron chi connectivity index (χ1n) is 4.06. The minimum atomic E-state index is -0.409. The van der Waals surface area contributed by atoms with Gasteiger partial charge in [0.1, 0.15) is 0 Å². The molecule has 0 aliphatic carbocycles. The van der Waals surface area contributed by atoms with Gasteiger partial charge in [-0.1, -0.05) is 35.9 Å². The maximum absolute atomic E-state index is 5.97. The summed E-state index contributed by atoms with van der Waals surface area (Å²) in [6.45, 7) is 7.72. The lowest BCUT2D eigenvalue weighted by atomic mass is 9.93. The molecule has 0 spiro atoms. The molecule has 12 heavy (non-hydrogen) atoms. The van der Waals surface area contributed by atoms with Gasteiger partial charge in [0.05, 0.1) is 5.54 Å². The third-order valence-corrected chi connectivity index (χ3v) is 2.10. The highest BCUT2D eigenvalue weighted by atomic mass is 14.7. The molecule has 0 aliphatic rings. The summed E-state index contributed by atoms with van der Waals surface area (Å²) in [5.41, 5.74) is 7.91. The smallest absolute Gasteiger partial charge is 0.0564 e. The highest BCUT2D eigenvalue weighted by Crippen LogP contribution is 2.18. The van der Waals surface area contributed by atoms with E-state index in [-0.39, 0.29) is 0 Å². The van der Waals surface area contributed by atoms with E-state index in [1.165, 1.54) is 5.56 Å². The molecule has 0 saturated carbocycles. The Morgan fingerprint density at radius 3 is 2.25 bits per heavy atom. The molecule has 1 heteroatoms. The zero-order valence-corrected chi connectivity index (χ0v) is 7.67. The molecule has 0 heterocycles. The van der Waals surface area contributed by atoms with Crippen LogP contribution in [-0.4, -0.2) is 0 Å². The Labute approximate surface area is 73.9 Å². The molecule has 1 aromatic rings. The van der Waals surface area contributed by atoms with Crippen molar-refractivity contribution in [3.8, 4) is 0 Å². The van der Waals surface area contributed by atoms with Crippen molar-refractivity contribution >= 4 is 0 Å². The predicted octanol–water partition coefficient (Wildman–Crippen LogP) is 2.35. The first kappa shape index (κ1) is 9.01. The number of nitrogens with two attached hydrogens (primary N) is 1. The van der Waals surface area contributed by atoms with Crippen molar-refractivity contribution in [3.63, 3.8) is 0 Å². The molecule has 0 fully saturated rings. The van der Waals surface area contributed by atoms with E-state index >= 15 is 0 Å². The molecule has 0 aromatic heterocycles. The second-order valence-corrected chi connectivity index (χ2v) is 3.35. The van der Waals surface area contributed by atoms with Crippen LogP contribution in [0.25, 0.3) is 0 Å². The number of rotatable bonds is 2. The fourth-order valence-electron chi connectivity index (χ4n) is 1.03. The summed E-state index contributed by atoms with van der Waals surface area (Å²) in [6.07, 6.45) is 1.76. The van der Waals surface area contributed by atoms with E-state index in [0.29, 0.717) is 0 Å². The average molecular weight is 161 g/mol. The van der Waals surface area contributed by atoms with E-state index in [2.05, 4.69) is 25.6 Å². The number of benzene rings is 1. The Bertz CT molecular complexity index is 270. The summed E-state index contributed by atoms with van der Waals surface area (Å²) in [5, 5.41) is 0. The van der Waals surface area contributed by atoms with Gasteiger partial charge in [-0.05, 0) is 19.4 Å². The van der Waals surface area contributed by atoms with Crippen LogP contribution < -0.4 is 5.73 Å². The first-order chi connectivity index (χ1) is 5.56. The van der Waals surface area contributed by atoms with Crippen molar-refractivity contribution in [1.82, 2.24) is 0 Å². The number of hydrogen-bond donors (Lipinski definition) is 1. The Hall–Kier alpha value is -1.08. The van der Waals surface area contributed by atoms with E-state index < -0.39 is 5.54 Å². The second kappa shape index (κ2) is 3.11. The number of hydrogen-bond acceptors (Lipinski definition) is 1. The van der Waals surface area contributed by atoms with Gasteiger partial charge in [-0.15, -0.1) is 6.58 Å². The first-order valence-corrected chi connectivity index (χ1v) is 4.06. The van der Waals surface area contributed by atoms with Crippen LogP contribution in [0.5, 0.6) is 0 Å². The summed E-state index contributed by atoms with van der Waals surface area (Å²) >= 11 is 0. The zero-order chi connectivity index (χ0) is 9.19. The van der Waals surface area contributed by atoms with Crippen molar-refractivity contribution in [3.05, 3.63) is 48.0 Å². The van der Waals surface area contributed by atoms with E-state index in [1.807, 2.05) is 19.1 Å². The lowest BCUT2D eigenvalue weighted by Gasteiger charge is -2.20. The zero-order valence-electron chi connectivity index (χ0n) is 7.67. The molecule has 0 unspecified atom stereocenters. The summed E-state index contributed by atoms with van der Waals surface area (Å²) < 4.78 is 0. The molecule has 1 aromatic carbocycles. The van der Waals surface area contributed by atoms with Crippen molar-refractivity contribution in [2.24, 2.45) is 5.73 Å². The van der Waals surface area contributed by atoms with Gasteiger partial charge in [-0.3, -0.25) is 0 Å². The Kier molecular flexibility index (Phi) is 2.34. The fourth-order valence-corrected chi connectivity index (χ4v) is 1.03. The summed E-state index contributed by atoms with van der Waals surface area (Å²) in [6, 6.07) is 8.20. The van der Waals surface area contributed by atoms with Crippen LogP contribution in [0.1, 0.15) is 18.1 Å². The van der Waals surface area contributed by atoms with Gasteiger partial charge in [0, 0.05) is 0 Å². The molecule has 0 bridgehead atoms. The third-order valence-electron chi connectivity index (χ3n) is 2.10. The van der Waals surface area contributed by atoms with Crippen LogP contribution in [-0.2, 0) is 5.54 Å². The van der Waals surface area contributed by atoms with Crippen LogP contribution in [0, 0.1) is 6.92 Å². The number of aryl methyl sites for hydroxylation is 1. The standard InChI is InChI=1S/C11H15N/c1-4-11(3,12)10-7-5-9(2)6-8-10/h4-8H,1,12H2,2-3H3/t11-/m1/s1. The molecule has 0 aliphatic heterocycles. The lowest BCUT2D eigenvalue weighted by Crippen LogP contribution is -2.29. The third kappa shape index (κ3) is 1.74. The van der Waals surface area contributed by atoms with Crippen molar-refractivity contribution in [2.45, 2.75) is 19.4 Å². The second-order valence-electron chi connectivity index (χ2n) is 3.35. The summed E-state index contributed by atoms with van der Waals surface area (Å²) in [5.74, 6) is 0. The van der Waals surface area contributed by atoms with E-state index in [9.17, 15) is 0 Å². The minimum absolute atomic E-state index is 0.409. The fraction of sp³-hybridized carbons (Fsp3) is 0.273. The van der Waals surface area contributed by atoms with Gasteiger partial charge in [-0.2, -0.15) is 0 Å². The SMILES string of the molecule is C=C[C@@](C)(N)c1ccc(C)cc1. The largest absolute Gasteiger partial charge is 0.318 e. The van der Waals surface area contributed by atoms with Gasteiger partial charge in [-0.25, -0.2) is 0 Å². The Morgan fingerprint density at radius 1 is 1.33 bits per heavy atom. The van der Waals surface area contributed by atoms with Gasteiger partial charge < -0.3 is 5.73 Å². The molecule has 0 radical (unpaired) electrons. The molecule has 1 atom stereocenters. The molecule has 64 valence electrons. The van der Waals surface area contributed by atoms with Crippen LogP contribution in [0.4, 0.5) is 0 Å². The quantitative estimate of drug-likeness (QED) is 0.662. The summed E-state index contributed by atoms with van der Waals surface area (Å²) in [7, 11) is 0. The minimum Gasteiger partial charge on any atom is -0.318 e. The van der Waals surface area contributed by atoms with Crippen molar-refractivity contribution in [2.75, 3.05) is 0 Å². The van der Waals surface area contributed by atoms with Gasteiger partial charge in [0.25, 0.3) is 0 Å². The van der Waals surface area contributed by atoms with E-state index in [0.717, 1.165) is 5.56 Å².